The predicted octanol–water partition coefficient (Wildman–Crippen LogP) is 2.41. The molecule has 2 fully saturated rings. The Morgan fingerprint density at radius 2 is 1.81 bits per heavy atom. The van der Waals surface area contributed by atoms with Crippen molar-refractivity contribution in [1.82, 2.24) is 9.62 Å². The molecular formula is C18H27N3O4S. The van der Waals surface area contributed by atoms with Crippen molar-refractivity contribution >= 4 is 21.7 Å². The van der Waals surface area contributed by atoms with Crippen LogP contribution in [0.3, 0.4) is 0 Å². The lowest BCUT2D eigenvalue weighted by Crippen LogP contribution is -2.43. The van der Waals surface area contributed by atoms with Crippen LogP contribution >= 0.6 is 0 Å². The van der Waals surface area contributed by atoms with Crippen molar-refractivity contribution in [2.75, 3.05) is 31.6 Å². The first-order valence-corrected chi connectivity index (χ1v) is 10.8. The molecule has 0 spiro atoms. The average Bonchev–Trinajstić information content (AvgIpc) is 3.48. The summed E-state index contributed by atoms with van der Waals surface area (Å²) in [5, 5.41) is 5.53. The van der Waals surface area contributed by atoms with Crippen LogP contribution in [0.4, 0.5) is 10.5 Å². The summed E-state index contributed by atoms with van der Waals surface area (Å²) in [6.07, 6.45) is 3.18. The second kappa shape index (κ2) is 8.26. The van der Waals surface area contributed by atoms with E-state index in [1.807, 2.05) is 19.1 Å². The molecule has 0 bridgehead atoms. The fraction of sp³-hybridized carbons (Fsp3) is 0.611. The number of rotatable bonds is 7. The maximum Gasteiger partial charge on any atom is 0.319 e. The second-order valence-electron chi connectivity index (χ2n) is 6.88. The van der Waals surface area contributed by atoms with Crippen molar-refractivity contribution in [2.45, 2.75) is 37.9 Å². The molecule has 2 amide bonds. The Morgan fingerprint density at radius 1 is 1.15 bits per heavy atom. The number of carbonyl (C=O) groups excluding carboxylic acids is 1. The quantitative estimate of drug-likeness (QED) is 0.759. The van der Waals surface area contributed by atoms with Gasteiger partial charge in [0.15, 0.2) is 0 Å². The molecular weight excluding hydrogens is 354 g/mol. The van der Waals surface area contributed by atoms with Gasteiger partial charge in [-0.15, -0.1) is 0 Å². The zero-order valence-corrected chi connectivity index (χ0v) is 15.9. The van der Waals surface area contributed by atoms with Gasteiger partial charge in [-0.2, -0.15) is 0 Å². The standard InChI is InChI=1S/C18H27N3O4S/c1-2-25-16-5-3-15(4-6-16)20-18(22)19-13-14-9-11-21(12-10-14)26(23,24)17-7-8-17/h3-6,14,17H,2,7-13H2,1H3,(H2,19,20,22). The lowest BCUT2D eigenvalue weighted by atomic mass is 9.98. The SMILES string of the molecule is CCOc1ccc(NC(=O)NCC2CCN(S(=O)(=O)C3CC3)CC2)cc1. The van der Waals surface area contributed by atoms with Crippen molar-refractivity contribution in [3.05, 3.63) is 24.3 Å². The molecule has 0 unspecified atom stereocenters. The molecule has 1 saturated carbocycles. The van der Waals surface area contributed by atoms with Crippen LogP contribution in [0.1, 0.15) is 32.6 Å². The molecule has 0 atom stereocenters. The first-order valence-electron chi connectivity index (χ1n) is 9.25. The van der Waals surface area contributed by atoms with Gasteiger partial charge in [0.1, 0.15) is 5.75 Å². The van der Waals surface area contributed by atoms with Gasteiger partial charge in [-0.1, -0.05) is 0 Å². The summed E-state index contributed by atoms with van der Waals surface area (Å²) in [6, 6.07) is 6.98. The zero-order valence-electron chi connectivity index (χ0n) is 15.1. The normalized spacial score (nSPS) is 19.1. The van der Waals surface area contributed by atoms with Crippen molar-refractivity contribution in [2.24, 2.45) is 5.92 Å². The third-order valence-corrected chi connectivity index (χ3v) is 7.25. The van der Waals surface area contributed by atoms with Gasteiger partial charge in [0, 0.05) is 25.3 Å². The van der Waals surface area contributed by atoms with Crippen LogP contribution in [0.15, 0.2) is 24.3 Å². The molecule has 1 aromatic carbocycles. The molecule has 0 radical (unpaired) electrons. The van der Waals surface area contributed by atoms with E-state index in [-0.39, 0.29) is 11.3 Å². The Kier molecular flexibility index (Phi) is 6.03. The van der Waals surface area contributed by atoms with Crippen LogP contribution in [0, 0.1) is 5.92 Å². The maximum atomic E-state index is 12.2. The Bertz CT molecular complexity index is 708. The molecule has 3 rings (SSSR count). The van der Waals surface area contributed by atoms with Crippen molar-refractivity contribution in [1.29, 1.82) is 0 Å². The molecule has 1 aliphatic heterocycles. The van der Waals surface area contributed by atoms with Crippen molar-refractivity contribution < 1.29 is 17.9 Å². The molecule has 26 heavy (non-hydrogen) atoms. The van der Waals surface area contributed by atoms with E-state index < -0.39 is 10.0 Å². The topological polar surface area (TPSA) is 87.7 Å². The molecule has 2 N–H and O–H groups in total. The number of benzene rings is 1. The number of carbonyl (C=O) groups is 1. The van der Waals surface area contributed by atoms with E-state index in [0.29, 0.717) is 37.8 Å². The summed E-state index contributed by atoms with van der Waals surface area (Å²) in [4.78, 5) is 12.0. The molecule has 144 valence electrons. The summed E-state index contributed by atoms with van der Waals surface area (Å²) in [6.45, 7) is 4.21. The largest absolute Gasteiger partial charge is 0.494 e. The van der Waals surface area contributed by atoms with E-state index in [1.165, 1.54) is 0 Å². The minimum absolute atomic E-state index is 0.142. The zero-order chi connectivity index (χ0) is 18.6. The number of nitrogens with one attached hydrogen (secondary N) is 2. The molecule has 7 nitrogen and oxygen atoms in total. The number of nitrogens with zero attached hydrogens (tertiary/aromatic N) is 1. The smallest absolute Gasteiger partial charge is 0.319 e. The molecule has 8 heteroatoms. The molecule has 1 aromatic rings. The second-order valence-corrected chi connectivity index (χ2v) is 9.09. The Morgan fingerprint density at radius 3 is 2.38 bits per heavy atom. The number of sulfonamides is 1. The fourth-order valence-electron chi connectivity index (χ4n) is 3.16. The molecule has 1 aliphatic carbocycles. The highest BCUT2D eigenvalue weighted by atomic mass is 32.2. The van der Waals surface area contributed by atoms with Crippen LogP contribution in [0.25, 0.3) is 0 Å². The molecule has 0 aromatic heterocycles. The molecule has 1 saturated heterocycles. The highest BCUT2D eigenvalue weighted by molar-refractivity contribution is 7.90. The fourth-order valence-corrected chi connectivity index (χ4v) is 5.03. The summed E-state index contributed by atoms with van der Waals surface area (Å²) in [7, 11) is -3.07. The highest BCUT2D eigenvalue weighted by Gasteiger charge is 2.41. The van der Waals surface area contributed by atoms with Crippen LogP contribution in [-0.2, 0) is 10.0 Å². The highest BCUT2D eigenvalue weighted by Crippen LogP contribution is 2.33. The van der Waals surface area contributed by atoms with Crippen LogP contribution in [-0.4, -0.2) is 50.2 Å². The van der Waals surface area contributed by atoms with Crippen LogP contribution in [0.5, 0.6) is 5.75 Å². The number of ether oxygens (including phenoxy) is 1. The van der Waals surface area contributed by atoms with E-state index in [2.05, 4.69) is 10.6 Å². The third kappa shape index (κ3) is 4.88. The van der Waals surface area contributed by atoms with Gasteiger partial charge in [0.25, 0.3) is 0 Å². The summed E-state index contributed by atoms with van der Waals surface area (Å²) in [5.74, 6) is 1.08. The lowest BCUT2D eigenvalue weighted by molar-refractivity contribution is 0.240. The van der Waals surface area contributed by atoms with Crippen LogP contribution in [0.2, 0.25) is 0 Å². The van der Waals surface area contributed by atoms with Crippen molar-refractivity contribution in [3.8, 4) is 5.75 Å². The summed E-state index contributed by atoms with van der Waals surface area (Å²) in [5.41, 5.74) is 0.705. The predicted molar refractivity (Wildman–Crippen MR) is 101 cm³/mol. The third-order valence-electron chi connectivity index (χ3n) is 4.85. The Labute approximate surface area is 155 Å². The van der Waals surface area contributed by atoms with Crippen molar-refractivity contribution in [3.63, 3.8) is 0 Å². The van der Waals surface area contributed by atoms with Crippen LogP contribution < -0.4 is 15.4 Å². The number of hydrogen-bond acceptors (Lipinski definition) is 4. The molecule has 2 aliphatic rings. The van der Waals surface area contributed by atoms with E-state index in [1.54, 1.807) is 16.4 Å². The van der Waals surface area contributed by atoms with Gasteiger partial charge in [0.05, 0.1) is 11.9 Å². The van der Waals surface area contributed by atoms with Gasteiger partial charge >= 0.3 is 6.03 Å². The number of piperidine rings is 1. The van der Waals surface area contributed by atoms with Gasteiger partial charge in [-0.3, -0.25) is 0 Å². The van der Waals surface area contributed by atoms with Gasteiger partial charge in [-0.25, -0.2) is 17.5 Å². The first-order chi connectivity index (χ1) is 12.5. The average molecular weight is 381 g/mol. The van der Waals surface area contributed by atoms with Gasteiger partial charge in [0.2, 0.25) is 10.0 Å². The molecule has 1 heterocycles. The monoisotopic (exact) mass is 381 g/mol. The Hall–Kier alpha value is -1.80. The van der Waals surface area contributed by atoms with Gasteiger partial charge < -0.3 is 15.4 Å². The number of anilines is 1. The van der Waals surface area contributed by atoms with E-state index in [9.17, 15) is 13.2 Å². The minimum Gasteiger partial charge on any atom is -0.494 e. The van der Waals surface area contributed by atoms with E-state index >= 15 is 0 Å². The minimum atomic E-state index is -3.07. The Balaban J connectivity index is 1.38. The number of amides is 2. The number of hydrogen-bond donors (Lipinski definition) is 2. The maximum absolute atomic E-state index is 12.2. The first kappa shape index (κ1) is 19.0. The summed E-state index contributed by atoms with van der Waals surface area (Å²) < 4.78 is 31.4. The lowest BCUT2D eigenvalue weighted by Gasteiger charge is -2.31. The number of urea groups is 1. The summed E-state index contributed by atoms with van der Waals surface area (Å²) >= 11 is 0. The van der Waals surface area contributed by atoms with E-state index in [0.717, 1.165) is 31.4 Å². The van der Waals surface area contributed by atoms with E-state index in [4.69, 9.17) is 4.74 Å². The van der Waals surface area contributed by atoms with Gasteiger partial charge in [-0.05, 0) is 62.8 Å².